The number of carbonyl (C=O) groups excluding carboxylic acids is 2. The van der Waals surface area contributed by atoms with Crippen molar-refractivity contribution in [3.05, 3.63) is 81.0 Å². The van der Waals surface area contributed by atoms with E-state index in [9.17, 15) is 28.5 Å². The van der Waals surface area contributed by atoms with Crippen molar-refractivity contribution in [3.8, 4) is 0 Å². The van der Waals surface area contributed by atoms with Crippen LogP contribution in [-0.4, -0.2) is 40.8 Å². The summed E-state index contributed by atoms with van der Waals surface area (Å²) in [7, 11) is 2.96. The molecule has 0 aromatic heterocycles. The summed E-state index contributed by atoms with van der Waals surface area (Å²) in [5.74, 6) is -2.83. The van der Waals surface area contributed by atoms with Crippen molar-refractivity contribution >= 4 is 23.3 Å². The highest BCUT2D eigenvalue weighted by atomic mass is 19.2. The van der Waals surface area contributed by atoms with Gasteiger partial charge in [-0.1, -0.05) is 12.1 Å². The van der Waals surface area contributed by atoms with Crippen LogP contribution in [0.5, 0.6) is 0 Å². The Morgan fingerprint density at radius 1 is 1.13 bits per heavy atom. The molecule has 0 unspecified atom stereocenters. The Morgan fingerprint density at radius 2 is 1.83 bits per heavy atom. The van der Waals surface area contributed by atoms with E-state index < -0.39 is 34.5 Å². The van der Waals surface area contributed by atoms with E-state index >= 15 is 0 Å². The minimum absolute atomic E-state index is 0.0270. The molecule has 8 nitrogen and oxygen atoms in total. The maximum atomic E-state index is 13.5. The van der Waals surface area contributed by atoms with Crippen molar-refractivity contribution in [1.29, 1.82) is 0 Å². The van der Waals surface area contributed by atoms with Gasteiger partial charge in [0.05, 0.1) is 16.5 Å². The summed E-state index contributed by atoms with van der Waals surface area (Å²) in [5.41, 5.74) is 0.673. The standard InChI is InChI=1S/C20H18F2N4O4/c1-11-17(19(27)23-13-7-8-15(21)16(22)10-13)18(25(3)20(28)24(11)2)12-5-4-6-14(9-12)26(29)30/h4-10,18H,1-3H3,(H,23,27)/t18-/m0/s1. The van der Waals surface area contributed by atoms with Gasteiger partial charge >= 0.3 is 6.03 Å². The Hall–Kier alpha value is -3.82. The molecule has 0 spiro atoms. The second kappa shape index (κ2) is 7.90. The number of allylic oxidation sites excluding steroid dienone is 1. The van der Waals surface area contributed by atoms with Gasteiger partial charge in [0.25, 0.3) is 11.6 Å². The molecule has 1 atom stereocenters. The normalized spacial score (nSPS) is 16.7. The number of nitrogens with zero attached hydrogens (tertiary/aromatic N) is 3. The molecule has 0 fully saturated rings. The lowest BCUT2D eigenvalue weighted by molar-refractivity contribution is -0.384. The molecule has 1 aliphatic heterocycles. The zero-order chi connectivity index (χ0) is 22.2. The van der Waals surface area contributed by atoms with Crippen molar-refractivity contribution in [3.63, 3.8) is 0 Å². The summed E-state index contributed by atoms with van der Waals surface area (Å²) in [5, 5.41) is 13.7. The lowest BCUT2D eigenvalue weighted by atomic mass is 9.92. The zero-order valence-electron chi connectivity index (χ0n) is 16.3. The fourth-order valence-corrected chi connectivity index (χ4v) is 3.32. The second-order valence-electron chi connectivity index (χ2n) is 6.79. The molecule has 2 aromatic carbocycles. The molecule has 1 N–H and O–H groups in total. The Balaban J connectivity index is 2.08. The van der Waals surface area contributed by atoms with Gasteiger partial charge in [-0.25, -0.2) is 13.6 Å². The molecule has 2 aromatic rings. The SMILES string of the molecule is CC1=C(C(=O)Nc2ccc(F)c(F)c2)[C@H](c2cccc([N+](=O)[O-])c2)N(C)C(=O)N1C. The Kier molecular flexibility index (Phi) is 5.50. The van der Waals surface area contributed by atoms with Crippen LogP contribution < -0.4 is 5.32 Å². The van der Waals surface area contributed by atoms with Crippen molar-refractivity contribution in [1.82, 2.24) is 9.80 Å². The molecule has 0 radical (unpaired) electrons. The second-order valence-corrected chi connectivity index (χ2v) is 6.79. The van der Waals surface area contributed by atoms with Crippen LogP contribution in [-0.2, 0) is 4.79 Å². The number of amides is 3. The first-order chi connectivity index (χ1) is 14.1. The molecule has 30 heavy (non-hydrogen) atoms. The van der Waals surface area contributed by atoms with E-state index in [1.165, 1.54) is 48.2 Å². The molecule has 0 saturated carbocycles. The van der Waals surface area contributed by atoms with Crippen molar-refractivity contribution in [2.75, 3.05) is 19.4 Å². The van der Waals surface area contributed by atoms with Crippen LogP contribution in [0, 0.1) is 21.7 Å². The van der Waals surface area contributed by atoms with E-state index in [4.69, 9.17) is 0 Å². The molecule has 3 amide bonds. The topological polar surface area (TPSA) is 95.8 Å². The number of benzene rings is 2. The number of nitro benzene ring substituents is 1. The van der Waals surface area contributed by atoms with Gasteiger partial charge in [0.2, 0.25) is 0 Å². The first kappa shape index (κ1) is 20.9. The Morgan fingerprint density at radius 3 is 2.47 bits per heavy atom. The fraction of sp³-hybridized carbons (Fsp3) is 0.200. The molecule has 3 rings (SSSR count). The summed E-state index contributed by atoms with van der Waals surface area (Å²) in [6.07, 6.45) is 0. The first-order valence-corrected chi connectivity index (χ1v) is 8.84. The molecule has 10 heteroatoms. The van der Waals surface area contributed by atoms with Crippen LogP contribution in [0.3, 0.4) is 0 Å². The molecule has 1 heterocycles. The van der Waals surface area contributed by atoms with Gasteiger partial charge in [-0.15, -0.1) is 0 Å². The van der Waals surface area contributed by atoms with Gasteiger partial charge in [0.15, 0.2) is 11.6 Å². The van der Waals surface area contributed by atoms with Crippen molar-refractivity contribution in [2.45, 2.75) is 13.0 Å². The maximum Gasteiger partial charge on any atom is 0.324 e. The lowest BCUT2D eigenvalue weighted by Crippen LogP contribution is -2.47. The number of rotatable bonds is 4. The van der Waals surface area contributed by atoms with E-state index in [0.29, 0.717) is 11.3 Å². The minimum Gasteiger partial charge on any atom is -0.322 e. The van der Waals surface area contributed by atoms with Crippen LogP contribution >= 0.6 is 0 Å². The molecular formula is C20H18F2N4O4. The molecule has 0 saturated heterocycles. The lowest BCUT2D eigenvalue weighted by Gasteiger charge is -2.39. The predicted molar refractivity (Wildman–Crippen MR) is 104 cm³/mol. The van der Waals surface area contributed by atoms with E-state index in [0.717, 1.165) is 12.1 Å². The number of halogens is 2. The number of carbonyl (C=O) groups is 2. The van der Waals surface area contributed by atoms with Crippen LogP contribution in [0.1, 0.15) is 18.5 Å². The number of nitro groups is 1. The zero-order valence-corrected chi connectivity index (χ0v) is 16.3. The third kappa shape index (κ3) is 3.71. The highest BCUT2D eigenvalue weighted by molar-refractivity contribution is 6.06. The first-order valence-electron chi connectivity index (χ1n) is 8.84. The Bertz CT molecular complexity index is 1090. The molecule has 0 aliphatic carbocycles. The molecule has 1 aliphatic rings. The van der Waals surface area contributed by atoms with E-state index in [-0.39, 0.29) is 16.9 Å². The number of nitrogens with one attached hydrogen (secondary N) is 1. The van der Waals surface area contributed by atoms with Gasteiger partial charge in [0, 0.05) is 43.7 Å². The number of non-ortho nitro benzene ring substituents is 1. The van der Waals surface area contributed by atoms with E-state index in [1.807, 2.05) is 0 Å². The largest absolute Gasteiger partial charge is 0.324 e. The number of anilines is 1. The van der Waals surface area contributed by atoms with Gasteiger partial charge < -0.3 is 15.1 Å². The van der Waals surface area contributed by atoms with Crippen LogP contribution in [0.15, 0.2) is 53.7 Å². The third-order valence-corrected chi connectivity index (χ3v) is 4.96. The quantitative estimate of drug-likeness (QED) is 0.605. The van der Waals surface area contributed by atoms with Crippen LogP contribution in [0.25, 0.3) is 0 Å². The van der Waals surface area contributed by atoms with Crippen LogP contribution in [0.4, 0.5) is 25.0 Å². The maximum absolute atomic E-state index is 13.5. The average Bonchev–Trinajstić information content (AvgIpc) is 2.71. The minimum atomic E-state index is -1.12. The highest BCUT2D eigenvalue weighted by Gasteiger charge is 2.39. The molecule has 156 valence electrons. The van der Waals surface area contributed by atoms with Crippen molar-refractivity contribution in [2.24, 2.45) is 0 Å². The van der Waals surface area contributed by atoms with Crippen LogP contribution in [0.2, 0.25) is 0 Å². The summed E-state index contributed by atoms with van der Waals surface area (Å²) in [6.45, 7) is 1.56. The highest BCUT2D eigenvalue weighted by Crippen LogP contribution is 2.37. The fourth-order valence-electron chi connectivity index (χ4n) is 3.32. The number of hydrogen-bond acceptors (Lipinski definition) is 4. The van der Waals surface area contributed by atoms with E-state index in [1.54, 1.807) is 13.0 Å². The number of urea groups is 1. The van der Waals surface area contributed by atoms with Crippen molar-refractivity contribution < 1.29 is 23.3 Å². The summed E-state index contributed by atoms with van der Waals surface area (Å²) >= 11 is 0. The number of likely N-dealkylation sites (N-methyl/N-ethyl adjacent to an activating group) is 1. The van der Waals surface area contributed by atoms with Gasteiger partial charge in [-0.05, 0) is 24.6 Å². The average molecular weight is 416 g/mol. The van der Waals surface area contributed by atoms with Gasteiger partial charge in [-0.3, -0.25) is 14.9 Å². The Labute approximate surface area is 170 Å². The molecule has 0 bridgehead atoms. The predicted octanol–water partition coefficient (Wildman–Crippen LogP) is 3.82. The van der Waals surface area contributed by atoms with Gasteiger partial charge in [0.1, 0.15) is 0 Å². The molecular weight excluding hydrogens is 398 g/mol. The smallest absolute Gasteiger partial charge is 0.322 e. The summed E-state index contributed by atoms with van der Waals surface area (Å²) < 4.78 is 26.7. The van der Waals surface area contributed by atoms with E-state index in [2.05, 4.69) is 5.32 Å². The summed E-state index contributed by atoms with van der Waals surface area (Å²) in [6, 6.07) is 7.23. The third-order valence-electron chi connectivity index (χ3n) is 4.96. The monoisotopic (exact) mass is 416 g/mol. The summed E-state index contributed by atoms with van der Waals surface area (Å²) in [4.78, 5) is 38.9. The van der Waals surface area contributed by atoms with Gasteiger partial charge in [-0.2, -0.15) is 0 Å². The number of hydrogen-bond donors (Lipinski definition) is 1.